The Morgan fingerprint density at radius 2 is 0.786 bits per heavy atom. The van der Waals surface area contributed by atoms with Gasteiger partial charge in [-0.3, -0.25) is 0 Å². The van der Waals surface area contributed by atoms with Gasteiger partial charge in [0.15, 0.2) is 17.5 Å². The Labute approximate surface area is 401 Å². The number of hydrogen-bond donors (Lipinski definition) is 0. The third kappa shape index (κ3) is 5.82. The molecule has 0 saturated carbocycles. The zero-order chi connectivity index (χ0) is 45.9. The first-order valence-electron chi connectivity index (χ1n) is 23.8. The lowest BCUT2D eigenvalue weighted by molar-refractivity contribution is 1.07. The van der Waals surface area contributed by atoms with E-state index in [0.29, 0.717) is 17.5 Å². The Bertz CT molecular complexity index is 4660. The number of rotatable bonds is 5. The molecule has 0 N–H and O–H groups in total. The monoisotopic (exact) mass is 889 g/mol. The van der Waals surface area contributed by atoms with Gasteiger partial charge in [-0.25, -0.2) is 15.0 Å². The molecule has 70 heavy (non-hydrogen) atoms. The highest BCUT2D eigenvalue weighted by atomic mass is 15.1. The number of hydrogen-bond acceptors (Lipinski definition) is 3. The average molecular weight is 890 g/mol. The molecule has 0 atom stereocenters. The number of fused-ring (bicyclic) bond motifs is 12. The average Bonchev–Trinajstić information content (AvgIpc) is 3.92. The summed E-state index contributed by atoms with van der Waals surface area (Å²) in [5.41, 5.74) is 9.58. The van der Waals surface area contributed by atoms with Crippen LogP contribution in [0.1, 0.15) is 0 Å². The van der Waals surface area contributed by atoms with E-state index in [4.69, 9.17) is 15.0 Å². The van der Waals surface area contributed by atoms with E-state index in [9.17, 15) is 0 Å². The second-order valence-electron chi connectivity index (χ2n) is 18.4. The summed E-state index contributed by atoms with van der Waals surface area (Å²) in [5.74, 6) is 1.87. The normalized spacial score (nSPS) is 12.0. The number of aromatic nitrogens is 5. The lowest BCUT2D eigenvalue weighted by Crippen LogP contribution is -2.04. The molecule has 0 fully saturated rings. The fraction of sp³-hybridized carbons (Fsp3) is 0. The standard InChI is InChI=1S/C65H39N5/c1-2-17-42(18-3-1)63-66-64(54-26-14-25-50-48-21-8-6-15-40(48)30-33-51(50)54)68-65(67-63)62-49-22-9-7-16-41(49)31-34-59(62)70-58-28-13-11-24-53(58)56-37-46-35-47(32-29-45(46)39-61(56)70)69-57-27-12-10-23-52(57)55-36-43-19-4-5-20-44(43)38-60(55)69/h1-39H. The third-order valence-electron chi connectivity index (χ3n) is 14.5. The Morgan fingerprint density at radius 3 is 1.56 bits per heavy atom. The molecule has 5 heteroatoms. The van der Waals surface area contributed by atoms with Gasteiger partial charge in [0.25, 0.3) is 0 Å². The number of nitrogens with zero attached hydrogens (tertiary/aromatic N) is 5. The summed E-state index contributed by atoms with van der Waals surface area (Å²) in [6.07, 6.45) is 0. The lowest BCUT2D eigenvalue weighted by Gasteiger charge is -2.17. The van der Waals surface area contributed by atoms with Crippen LogP contribution in [0.3, 0.4) is 0 Å². The largest absolute Gasteiger partial charge is 0.309 e. The molecule has 0 bridgehead atoms. The van der Waals surface area contributed by atoms with E-state index in [0.717, 1.165) is 66.0 Å². The fourth-order valence-corrected chi connectivity index (χ4v) is 11.3. The Morgan fingerprint density at radius 1 is 0.257 bits per heavy atom. The van der Waals surface area contributed by atoms with E-state index < -0.39 is 0 Å². The molecule has 0 aliphatic rings. The Balaban J connectivity index is 0.977. The molecule has 324 valence electrons. The van der Waals surface area contributed by atoms with Gasteiger partial charge in [0.05, 0.1) is 33.3 Å². The van der Waals surface area contributed by atoms with Crippen molar-refractivity contribution in [3.63, 3.8) is 0 Å². The third-order valence-corrected chi connectivity index (χ3v) is 14.5. The molecule has 0 spiro atoms. The van der Waals surface area contributed by atoms with Crippen molar-refractivity contribution < 1.29 is 0 Å². The van der Waals surface area contributed by atoms with E-state index in [1.54, 1.807) is 0 Å². The molecule has 0 radical (unpaired) electrons. The molecule has 5 nitrogen and oxygen atoms in total. The van der Waals surface area contributed by atoms with Crippen molar-refractivity contribution in [2.45, 2.75) is 0 Å². The smallest absolute Gasteiger partial charge is 0.166 e. The van der Waals surface area contributed by atoms with Crippen molar-refractivity contribution in [2.75, 3.05) is 0 Å². The van der Waals surface area contributed by atoms with E-state index in [1.165, 1.54) is 59.5 Å². The quantitative estimate of drug-likeness (QED) is 0.162. The predicted octanol–water partition coefficient (Wildman–Crippen LogP) is 16.8. The van der Waals surface area contributed by atoms with Crippen molar-refractivity contribution in [1.82, 2.24) is 24.1 Å². The fourth-order valence-electron chi connectivity index (χ4n) is 11.3. The number of para-hydroxylation sites is 2. The zero-order valence-corrected chi connectivity index (χ0v) is 37.8. The molecule has 15 aromatic rings. The summed E-state index contributed by atoms with van der Waals surface area (Å²) < 4.78 is 4.85. The Kier molecular flexibility index (Phi) is 8.29. The maximum absolute atomic E-state index is 5.52. The summed E-state index contributed by atoms with van der Waals surface area (Å²) in [6, 6.07) is 85.3. The summed E-state index contributed by atoms with van der Waals surface area (Å²) in [7, 11) is 0. The summed E-state index contributed by atoms with van der Waals surface area (Å²) >= 11 is 0. The van der Waals surface area contributed by atoms with Gasteiger partial charge in [-0.15, -0.1) is 0 Å². The van der Waals surface area contributed by atoms with Gasteiger partial charge in [-0.2, -0.15) is 0 Å². The van der Waals surface area contributed by atoms with Crippen LogP contribution in [0.2, 0.25) is 0 Å². The minimum Gasteiger partial charge on any atom is -0.309 e. The number of benzene rings is 12. The zero-order valence-electron chi connectivity index (χ0n) is 37.8. The topological polar surface area (TPSA) is 48.5 Å². The van der Waals surface area contributed by atoms with Crippen LogP contribution in [0.4, 0.5) is 0 Å². The molecule has 3 heterocycles. The first-order chi connectivity index (χ1) is 34.7. The van der Waals surface area contributed by atoms with Gasteiger partial charge in [0.2, 0.25) is 0 Å². The van der Waals surface area contributed by atoms with Crippen LogP contribution in [0.15, 0.2) is 237 Å². The first-order valence-corrected chi connectivity index (χ1v) is 23.8. The summed E-state index contributed by atoms with van der Waals surface area (Å²) in [4.78, 5) is 16.2. The highest BCUT2D eigenvalue weighted by molar-refractivity contribution is 6.17. The van der Waals surface area contributed by atoms with E-state index in [2.05, 4.69) is 228 Å². The van der Waals surface area contributed by atoms with Gasteiger partial charge >= 0.3 is 0 Å². The van der Waals surface area contributed by atoms with Crippen molar-refractivity contribution in [3.05, 3.63) is 237 Å². The van der Waals surface area contributed by atoms with E-state index in [-0.39, 0.29) is 0 Å². The molecule has 15 rings (SSSR count). The van der Waals surface area contributed by atoms with Crippen LogP contribution < -0.4 is 0 Å². The van der Waals surface area contributed by atoms with Crippen LogP contribution in [0, 0.1) is 0 Å². The molecule has 0 saturated heterocycles. The minimum atomic E-state index is 0.615. The highest BCUT2D eigenvalue weighted by Gasteiger charge is 2.23. The summed E-state index contributed by atoms with van der Waals surface area (Å²) in [6.45, 7) is 0. The van der Waals surface area contributed by atoms with Crippen LogP contribution >= 0.6 is 0 Å². The maximum Gasteiger partial charge on any atom is 0.166 e. The Hall–Kier alpha value is -9.45. The van der Waals surface area contributed by atoms with Crippen LogP contribution in [0.5, 0.6) is 0 Å². The van der Waals surface area contributed by atoms with E-state index in [1.807, 2.05) is 18.2 Å². The molecule has 3 aromatic heterocycles. The van der Waals surface area contributed by atoms with Crippen LogP contribution in [0.25, 0.3) is 143 Å². The van der Waals surface area contributed by atoms with Gasteiger partial charge in [-0.05, 0) is 108 Å². The predicted molar refractivity (Wildman–Crippen MR) is 292 cm³/mol. The van der Waals surface area contributed by atoms with Gasteiger partial charge in [-0.1, -0.05) is 182 Å². The van der Waals surface area contributed by atoms with Crippen molar-refractivity contribution in [2.24, 2.45) is 0 Å². The van der Waals surface area contributed by atoms with Gasteiger partial charge in [0.1, 0.15) is 0 Å². The second kappa shape index (κ2) is 15.0. The van der Waals surface area contributed by atoms with Crippen LogP contribution in [-0.2, 0) is 0 Å². The SMILES string of the molecule is c1ccc(-c2nc(-c3c(-n4c5ccccc5c5cc6cc(-n7c8ccccc8c8cc9ccccc9cc87)ccc6cc54)ccc4ccccc34)nc(-c3cccc4c3ccc3ccccc34)n2)cc1. The second-order valence-corrected chi connectivity index (χ2v) is 18.4. The lowest BCUT2D eigenvalue weighted by atomic mass is 9.98. The van der Waals surface area contributed by atoms with Crippen molar-refractivity contribution >= 4 is 97.5 Å². The van der Waals surface area contributed by atoms with Gasteiger partial charge < -0.3 is 9.13 Å². The molecule has 0 amide bonds. The van der Waals surface area contributed by atoms with Crippen molar-refractivity contribution in [1.29, 1.82) is 0 Å². The summed E-state index contributed by atoms with van der Waals surface area (Å²) in [5, 5.41) is 16.5. The van der Waals surface area contributed by atoms with Gasteiger partial charge in [0, 0.05) is 38.4 Å². The molecule has 0 aliphatic carbocycles. The minimum absolute atomic E-state index is 0.615. The van der Waals surface area contributed by atoms with Crippen molar-refractivity contribution in [3.8, 4) is 45.5 Å². The molecular weight excluding hydrogens is 851 g/mol. The molecule has 0 aliphatic heterocycles. The molecule has 12 aromatic carbocycles. The molecule has 0 unspecified atom stereocenters. The highest BCUT2D eigenvalue weighted by Crippen LogP contribution is 2.43. The van der Waals surface area contributed by atoms with E-state index >= 15 is 0 Å². The van der Waals surface area contributed by atoms with Crippen LogP contribution in [-0.4, -0.2) is 24.1 Å². The first kappa shape index (κ1) is 38.6. The molecular formula is C65H39N5. The maximum atomic E-state index is 5.52.